The molecule has 0 radical (unpaired) electrons. The average molecular weight is 416 g/mol. The van der Waals surface area contributed by atoms with Crippen molar-refractivity contribution < 1.29 is 17.9 Å². The summed E-state index contributed by atoms with van der Waals surface area (Å²) in [5.41, 5.74) is 0.548. The molecule has 8 heteroatoms. The number of halogens is 2. The molecule has 0 aliphatic rings. The molecule has 2 aromatic rings. The Morgan fingerprint density at radius 3 is 2.42 bits per heavy atom. The van der Waals surface area contributed by atoms with Crippen LogP contribution in [0.5, 0.6) is 5.75 Å². The molecule has 1 N–H and O–H groups in total. The zero-order valence-corrected chi connectivity index (χ0v) is 16.5. The van der Waals surface area contributed by atoms with Crippen LogP contribution in [-0.2, 0) is 14.6 Å². The molecule has 2 aromatic carbocycles. The first-order chi connectivity index (χ1) is 12.3. The fraction of sp³-hybridized carbons (Fsp3) is 0.278. The van der Waals surface area contributed by atoms with Gasteiger partial charge in [0.1, 0.15) is 5.75 Å². The average Bonchev–Trinajstić information content (AvgIpc) is 2.60. The van der Waals surface area contributed by atoms with Crippen LogP contribution in [0.25, 0.3) is 0 Å². The molecule has 0 heterocycles. The van der Waals surface area contributed by atoms with E-state index in [1.165, 1.54) is 12.1 Å². The molecule has 1 amide bonds. The third-order valence-corrected chi connectivity index (χ3v) is 5.86. The lowest BCUT2D eigenvalue weighted by Crippen LogP contribution is -2.13. The lowest BCUT2D eigenvalue weighted by molar-refractivity contribution is -0.116. The fourth-order valence-electron chi connectivity index (χ4n) is 2.14. The van der Waals surface area contributed by atoms with E-state index >= 15 is 0 Å². The predicted molar refractivity (Wildman–Crippen MR) is 104 cm³/mol. The summed E-state index contributed by atoms with van der Waals surface area (Å²) in [4.78, 5) is 12.2. The summed E-state index contributed by atoms with van der Waals surface area (Å²) in [7, 11) is -3.24. The van der Waals surface area contributed by atoms with Crippen molar-refractivity contribution in [1.82, 2.24) is 0 Å². The quantitative estimate of drug-likeness (QED) is 0.640. The number of hydrogen-bond acceptors (Lipinski definition) is 4. The highest BCUT2D eigenvalue weighted by molar-refractivity contribution is 7.91. The van der Waals surface area contributed by atoms with Crippen LogP contribution in [-0.4, -0.2) is 26.7 Å². The number of anilines is 1. The first-order valence-electron chi connectivity index (χ1n) is 8.02. The van der Waals surface area contributed by atoms with Gasteiger partial charge in [-0.25, -0.2) is 8.42 Å². The Kier molecular flexibility index (Phi) is 7.32. The van der Waals surface area contributed by atoms with Gasteiger partial charge in [-0.3, -0.25) is 4.79 Å². The normalized spacial score (nSPS) is 11.2. The number of carbonyl (C=O) groups excluding carboxylic acids is 1. The van der Waals surface area contributed by atoms with Crippen LogP contribution in [0.2, 0.25) is 10.0 Å². The monoisotopic (exact) mass is 415 g/mol. The molecule has 0 unspecified atom stereocenters. The lowest BCUT2D eigenvalue weighted by atomic mass is 10.2. The summed E-state index contributed by atoms with van der Waals surface area (Å²) in [5.74, 6) is 0.377. The zero-order valence-electron chi connectivity index (χ0n) is 14.2. The maximum absolute atomic E-state index is 11.9. The number of ether oxygens (including phenoxy) is 1. The number of amides is 1. The smallest absolute Gasteiger partial charge is 0.224 e. The molecule has 0 saturated heterocycles. The van der Waals surface area contributed by atoms with Gasteiger partial charge in [0.2, 0.25) is 5.91 Å². The van der Waals surface area contributed by atoms with Gasteiger partial charge in [0.15, 0.2) is 9.84 Å². The second-order valence-electron chi connectivity index (χ2n) is 5.50. The molecule has 5 nitrogen and oxygen atoms in total. The number of hydrogen-bond donors (Lipinski definition) is 1. The van der Waals surface area contributed by atoms with E-state index < -0.39 is 9.84 Å². The van der Waals surface area contributed by atoms with E-state index in [1.54, 1.807) is 37.3 Å². The van der Waals surface area contributed by atoms with E-state index in [0.29, 0.717) is 34.5 Å². The molecule has 0 aliphatic carbocycles. The van der Waals surface area contributed by atoms with Gasteiger partial charge in [-0.05, 0) is 48.9 Å². The molecule has 0 aromatic heterocycles. The Hall–Kier alpha value is -1.76. The Bertz CT molecular complexity index is 867. The van der Waals surface area contributed by atoms with E-state index in [2.05, 4.69) is 5.32 Å². The van der Waals surface area contributed by atoms with Gasteiger partial charge in [0, 0.05) is 17.1 Å². The van der Waals surface area contributed by atoms with Gasteiger partial charge in [-0.1, -0.05) is 30.1 Å². The number of carbonyl (C=O) groups is 1. The lowest BCUT2D eigenvalue weighted by Gasteiger charge is -2.09. The van der Waals surface area contributed by atoms with E-state index in [1.807, 2.05) is 0 Å². The maximum Gasteiger partial charge on any atom is 0.224 e. The highest BCUT2D eigenvalue weighted by atomic mass is 35.5. The van der Waals surface area contributed by atoms with Crippen LogP contribution in [0.4, 0.5) is 5.69 Å². The van der Waals surface area contributed by atoms with Crippen molar-refractivity contribution in [3.05, 3.63) is 52.5 Å². The van der Waals surface area contributed by atoms with Gasteiger partial charge >= 0.3 is 0 Å². The van der Waals surface area contributed by atoms with Crippen molar-refractivity contribution in [3.8, 4) is 5.75 Å². The zero-order chi connectivity index (χ0) is 19.2. The van der Waals surface area contributed by atoms with E-state index in [0.717, 1.165) is 0 Å². The summed E-state index contributed by atoms with van der Waals surface area (Å²) in [6.07, 6.45) is 0.771. The van der Waals surface area contributed by atoms with Crippen LogP contribution >= 0.6 is 23.2 Å². The van der Waals surface area contributed by atoms with Crippen LogP contribution < -0.4 is 10.1 Å². The highest BCUT2D eigenvalue weighted by Crippen LogP contribution is 2.27. The highest BCUT2D eigenvalue weighted by Gasteiger charge is 2.11. The van der Waals surface area contributed by atoms with Crippen LogP contribution in [0.15, 0.2) is 47.4 Å². The Morgan fingerprint density at radius 1 is 1.12 bits per heavy atom. The molecule has 0 saturated carbocycles. The second-order valence-corrected chi connectivity index (χ2v) is 8.62. The summed E-state index contributed by atoms with van der Waals surface area (Å²) in [6, 6.07) is 11.1. The molecule has 2 rings (SSSR count). The first kappa shape index (κ1) is 20.6. The van der Waals surface area contributed by atoms with Crippen LogP contribution in [0.1, 0.15) is 19.8 Å². The van der Waals surface area contributed by atoms with E-state index in [9.17, 15) is 13.2 Å². The minimum Gasteiger partial charge on any atom is -0.492 e. The first-order valence-corrected chi connectivity index (χ1v) is 10.4. The van der Waals surface area contributed by atoms with Crippen molar-refractivity contribution in [3.63, 3.8) is 0 Å². The minimum absolute atomic E-state index is 0.0380. The number of nitrogens with one attached hydrogen (secondary N) is 1. The SMILES string of the molecule is CCS(=O)(=O)c1ccc(NC(=O)CCCOc2ccc(Cl)cc2Cl)cc1. The van der Waals surface area contributed by atoms with Crippen LogP contribution in [0, 0.1) is 0 Å². The minimum atomic E-state index is -3.24. The molecule has 140 valence electrons. The third kappa shape index (κ3) is 5.90. The summed E-state index contributed by atoms with van der Waals surface area (Å²) in [6.45, 7) is 1.92. The molecule has 0 fully saturated rings. The molecular weight excluding hydrogens is 397 g/mol. The van der Waals surface area contributed by atoms with Gasteiger partial charge < -0.3 is 10.1 Å². The van der Waals surface area contributed by atoms with Crippen molar-refractivity contribution in [2.75, 3.05) is 17.7 Å². The standard InChI is InChI=1S/C18H19Cl2NO4S/c1-2-26(23,24)15-8-6-14(7-9-15)21-18(22)4-3-11-25-17-10-5-13(19)12-16(17)20/h5-10,12H,2-4,11H2,1H3,(H,21,22). The number of benzene rings is 2. The van der Waals surface area contributed by atoms with Crippen molar-refractivity contribution in [1.29, 1.82) is 0 Å². The Morgan fingerprint density at radius 2 is 1.81 bits per heavy atom. The fourth-order valence-corrected chi connectivity index (χ4v) is 3.49. The third-order valence-electron chi connectivity index (χ3n) is 3.58. The Labute approximate surface area is 163 Å². The molecule has 0 atom stereocenters. The molecule has 0 spiro atoms. The van der Waals surface area contributed by atoms with Gasteiger partial charge in [0.05, 0.1) is 22.3 Å². The van der Waals surface area contributed by atoms with Crippen molar-refractivity contribution in [2.45, 2.75) is 24.7 Å². The number of sulfone groups is 1. The summed E-state index contributed by atoms with van der Waals surface area (Å²) < 4.78 is 29.0. The Balaban J connectivity index is 1.78. The maximum atomic E-state index is 11.9. The topological polar surface area (TPSA) is 72.5 Å². The predicted octanol–water partition coefficient (Wildman–Crippen LogP) is 4.58. The van der Waals surface area contributed by atoms with Crippen molar-refractivity contribution in [2.24, 2.45) is 0 Å². The largest absolute Gasteiger partial charge is 0.492 e. The van der Waals surface area contributed by atoms with Gasteiger partial charge in [-0.15, -0.1) is 0 Å². The number of rotatable bonds is 8. The molecule has 0 bridgehead atoms. The van der Waals surface area contributed by atoms with E-state index in [4.69, 9.17) is 27.9 Å². The van der Waals surface area contributed by atoms with Crippen LogP contribution in [0.3, 0.4) is 0 Å². The molecular formula is C18H19Cl2NO4S. The second kappa shape index (κ2) is 9.26. The van der Waals surface area contributed by atoms with Gasteiger partial charge in [0.25, 0.3) is 0 Å². The summed E-state index contributed by atoms with van der Waals surface area (Å²) in [5, 5.41) is 3.67. The molecule has 0 aliphatic heterocycles. The van der Waals surface area contributed by atoms with Crippen molar-refractivity contribution >= 4 is 44.6 Å². The van der Waals surface area contributed by atoms with Gasteiger partial charge in [-0.2, -0.15) is 0 Å². The van der Waals surface area contributed by atoms with E-state index in [-0.39, 0.29) is 23.0 Å². The summed E-state index contributed by atoms with van der Waals surface area (Å²) >= 11 is 11.8. The molecule has 26 heavy (non-hydrogen) atoms.